The van der Waals surface area contributed by atoms with Gasteiger partial charge in [0.1, 0.15) is 5.70 Å². The van der Waals surface area contributed by atoms with Gasteiger partial charge in [0.25, 0.3) is 11.8 Å². The number of hydrogen-bond donors (Lipinski definition) is 5. The van der Waals surface area contributed by atoms with Crippen LogP contribution in [0.1, 0.15) is 60.8 Å². The Morgan fingerprint density at radius 3 is 2.28 bits per heavy atom. The molecule has 11 nitrogen and oxygen atoms in total. The van der Waals surface area contributed by atoms with Crippen LogP contribution in [-0.2, 0) is 20.2 Å². The quantitative estimate of drug-likeness (QED) is 0.240. The Labute approximate surface area is 252 Å². The third-order valence-electron chi connectivity index (χ3n) is 6.89. The Bertz CT molecular complexity index is 1670. The number of nitrogens with zero attached hydrogens (tertiary/aromatic N) is 1. The van der Waals surface area contributed by atoms with Crippen LogP contribution in [0.25, 0.3) is 0 Å². The Hall–Kier alpha value is -4.55. The van der Waals surface area contributed by atoms with Crippen molar-refractivity contribution in [1.82, 2.24) is 16.3 Å². The molecule has 0 aliphatic carbocycles. The standard InChI is InChI=1S/C31H38N6O5S/c1-19-13-14-22(15-27(19)37-18-26(34-36-37)30(39)32-20(2)21-11-9-8-10-12-21)29(38)33-24-16-23(31(3,4)5)17-25(28(24)42-6)35-43(7,40)41/h8-18,20,34-36H,1-7H3,(H,32,39)(H,33,38)/t20-/m0/s1. The molecule has 228 valence electrons. The number of sulfonamides is 1. The SMILES string of the molecule is COc1c(NC(=O)c2ccc(C)c(N3C=C(C(=O)N[C@@H](C)c4ccccc4)NN3)c2)cc(C(C)(C)C)cc1NS(C)(=O)=O. The number of methoxy groups -OCH3 is 1. The first-order chi connectivity index (χ1) is 20.2. The fourth-order valence-corrected chi connectivity index (χ4v) is 5.06. The summed E-state index contributed by atoms with van der Waals surface area (Å²) in [6, 6.07) is 18.1. The maximum atomic E-state index is 13.5. The molecule has 0 fully saturated rings. The number of ether oxygens (including phenoxy) is 1. The lowest BCUT2D eigenvalue weighted by molar-refractivity contribution is -0.118. The van der Waals surface area contributed by atoms with Gasteiger partial charge in [-0.1, -0.05) is 57.2 Å². The summed E-state index contributed by atoms with van der Waals surface area (Å²) < 4.78 is 32.1. The van der Waals surface area contributed by atoms with Crippen molar-refractivity contribution in [3.63, 3.8) is 0 Å². The van der Waals surface area contributed by atoms with Gasteiger partial charge in [-0.3, -0.25) is 24.7 Å². The molecule has 0 saturated carbocycles. The fourth-order valence-electron chi connectivity index (χ4n) is 4.51. The van der Waals surface area contributed by atoms with Crippen molar-refractivity contribution in [2.75, 3.05) is 28.4 Å². The van der Waals surface area contributed by atoms with Crippen LogP contribution in [-0.4, -0.2) is 33.6 Å². The van der Waals surface area contributed by atoms with E-state index in [9.17, 15) is 18.0 Å². The number of carbonyl (C=O) groups is 2. The average Bonchev–Trinajstić information content (AvgIpc) is 3.42. The highest BCUT2D eigenvalue weighted by Crippen LogP contribution is 2.39. The predicted molar refractivity (Wildman–Crippen MR) is 169 cm³/mol. The Kier molecular flexibility index (Phi) is 9.02. The second-order valence-electron chi connectivity index (χ2n) is 11.4. The molecular formula is C31H38N6O5S. The van der Waals surface area contributed by atoms with Crippen molar-refractivity contribution >= 4 is 38.9 Å². The highest BCUT2D eigenvalue weighted by atomic mass is 32.2. The fraction of sp³-hybridized carbons (Fsp3) is 0.290. The summed E-state index contributed by atoms with van der Waals surface area (Å²) >= 11 is 0. The van der Waals surface area contributed by atoms with Crippen molar-refractivity contribution in [2.45, 2.75) is 46.1 Å². The van der Waals surface area contributed by atoms with Crippen molar-refractivity contribution in [2.24, 2.45) is 0 Å². The molecule has 12 heteroatoms. The van der Waals surface area contributed by atoms with Crippen LogP contribution >= 0.6 is 0 Å². The smallest absolute Gasteiger partial charge is 0.270 e. The number of hydrazine groups is 2. The highest BCUT2D eigenvalue weighted by Gasteiger charge is 2.25. The molecule has 0 bridgehead atoms. The van der Waals surface area contributed by atoms with Crippen LogP contribution in [0.15, 0.2) is 72.6 Å². The molecule has 0 radical (unpaired) electrons. The van der Waals surface area contributed by atoms with E-state index in [0.717, 1.165) is 22.9 Å². The van der Waals surface area contributed by atoms with Crippen molar-refractivity contribution < 1.29 is 22.7 Å². The Morgan fingerprint density at radius 1 is 0.977 bits per heavy atom. The Morgan fingerprint density at radius 2 is 1.65 bits per heavy atom. The van der Waals surface area contributed by atoms with Gasteiger partial charge >= 0.3 is 0 Å². The van der Waals surface area contributed by atoms with Crippen LogP contribution in [0.4, 0.5) is 17.1 Å². The summed E-state index contributed by atoms with van der Waals surface area (Å²) in [5, 5.41) is 7.48. The van der Waals surface area contributed by atoms with E-state index in [-0.39, 0.29) is 28.8 Å². The number of amides is 2. The first kappa shape index (κ1) is 31.4. The summed E-state index contributed by atoms with van der Waals surface area (Å²) in [6.07, 6.45) is 2.67. The van der Waals surface area contributed by atoms with Crippen LogP contribution in [0, 0.1) is 6.92 Å². The molecule has 4 rings (SSSR count). The van der Waals surface area contributed by atoms with Crippen LogP contribution in [0.2, 0.25) is 0 Å². The summed E-state index contributed by atoms with van der Waals surface area (Å²) in [4.78, 5) is 26.4. The number of rotatable bonds is 9. The van der Waals surface area contributed by atoms with E-state index in [4.69, 9.17) is 4.74 Å². The molecule has 0 aromatic heterocycles. The molecule has 0 spiro atoms. The first-order valence-corrected chi connectivity index (χ1v) is 15.6. The lowest BCUT2D eigenvalue weighted by Gasteiger charge is -2.24. The van der Waals surface area contributed by atoms with Gasteiger partial charge in [-0.2, -0.15) is 0 Å². The topological polar surface area (TPSA) is 141 Å². The molecule has 0 unspecified atom stereocenters. The second-order valence-corrected chi connectivity index (χ2v) is 13.2. The van der Waals surface area contributed by atoms with E-state index in [1.807, 2.05) is 65.0 Å². The predicted octanol–water partition coefficient (Wildman–Crippen LogP) is 4.47. The molecule has 1 aliphatic rings. The molecule has 1 atom stereocenters. The molecule has 43 heavy (non-hydrogen) atoms. The van der Waals surface area contributed by atoms with Gasteiger partial charge in [-0.15, -0.1) is 5.53 Å². The largest absolute Gasteiger partial charge is 0.492 e. The molecule has 1 aliphatic heterocycles. The highest BCUT2D eigenvalue weighted by molar-refractivity contribution is 7.92. The number of anilines is 3. The lowest BCUT2D eigenvalue weighted by Crippen LogP contribution is -2.39. The molecule has 0 saturated heterocycles. The van der Waals surface area contributed by atoms with E-state index < -0.39 is 15.9 Å². The van der Waals surface area contributed by atoms with Gasteiger partial charge in [0, 0.05) is 5.56 Å². The molecule has 2 amide bonds. The van der Waals surface area contributed by atoms with E-state index in [1.165, 1.54) is 7.11 Å². The van der Waals surface area contributed by atoms with E-state index in [0.29, 0.717) is 22.6 Å². The molecule has 3 aromatic carbocycles. The number of benzene rings is 3. The zero-order chi connectivity index (χ0) is 31.5. The van der Waals surface area contributed by atoms with Crippen LogP contribution in [0.5, 0.6) is 5.75 Å². The third kappa shape index (κ3) is 7.65. The first-order valence-electron chi connectivity index (χ1n) is 13.7. The second kappa shape index (κ2) is 12.4. The normalized spacial score (nSPS) is 13.9. The molecule has 1 heterocycles. The van der Waals surface area contributed by atoms with Gasteiger partial charge in [0.05, 0.1) is 42.7 Å². The zero-order valence-electron chi connectivity index (χ0n) is 25.3. The zero-order valence-corrected chi connectivity index (χ0v) is 26.1. The van der Waals surface area contributed by atoms with Gasteiger partial charge < -0.3 is 15.4 Å². The number of hydrogen-bond acceptors (Lipinski definition) is 8. The Balaban J connectivity index is 1.58. The minimum Gasteiger partial charge on any atom is -0.492 e. The van der Waals surface area contributed by atoms with Gasteiger partial charge in [0.2, 0.25) is 10.0 Å². The number of carbonyl (C=O) groups excluding carboxylic acids is 2. The van der Waals surface area contributed by atoms with Crippen molar-refractivity contribution in [3.05, 3.63) is 94.8 Å². The van der Waals surface area contributed by atoms with Crippen molar-refractivity contribution in [1.29, 1.82) is 0 Å². The molecule has 5 N–H and O–H groups in total. The molecule has 3 aromatic rings. The van der Waals surface area contributed by atoms with E-state index in [1.54, 1.807) is 41.5 Å². The number of aryl methyl sites for hydroxylation is 1. The maximum Gasteiger partial charge on any atom is 0.270 e. The summed E-state index contributed by atoms with van der Waals surface area (Å²) in [5.74, 6) is -0.531. The summed E-state index contributed by atoms with van der Waals surface area (Å²) in [6.45, 7) is 9.75. The van der Waals surface area contributed by atoms with Gasteiger partial charge in [-0.05, 0) is 60.2 Å². The van der Waals surface area contributed by atoms with Crippen molar-refractivity contribution in [3.8, 4) is 5.75 Å². The maximum absolute atomic E-state index is 13.5. The van der Waals surface area contributed by atoms with Gasteiger partial charge in [0.15, 0.2) is 5.75 Å². The van der Waals surface area contributed by atoms with Crippen LogP contribution < -0.4 is 36.1 Å². The van der Waals surface area contributed by atoms with Gasteiger partial charge in [-0.25, -0.2) is 8.42 Å². The average molecular weight is 607 g/mol. The minimum absolute atomic E-state index is 0.188. The third-order valence-corrected chi connectivity index (χ3v) is 7.49. The van der Waals surface area contributed by atoms with Crippen LogP contribution in [0.3, 0.4) is 0 Å². The van der Waals surface area contributed by atoms with E-state index >= 15 is 0 Å². The lowest BCUT2D eigenvalue weighted by atomic mass is 9.86. The number of nitrogens with one attached hydrogen (secondary N) is 5. The van der Waals surface area contributed by atoms with E-state index in [2.05, 4.69) is 26.3 Å². The molecular weight excluding hydrogens is 568 g/mol. The summed E-state index contributed by atoms with van der Waals surface area (Å²) in [5.41, 5.74) is 9.98. The summed E-state index contributed by atoms with van der Waals surface area (Å²) in [7, 11) is -2.21. The minimum atomic E-state index is -3.62. The monoisotopic (exact) mass is 606 g/mol.